The number of hydrogen-bond donors (Lipinski definition) is 2. The monoisotopic (exact) mass is 658 g/mol. The molecular formula is C47H38N4. The van der Waals surface area contributed by atoms with E-state index >= 15 is 0 Å². The third-order valence-corrected chi connectivity index (χ3v) is 10.0. The fourth-order valence-electron chi connectivity index (χ4n) is 7.36. The molecule has 4 nitrogen and oxygen atoms in total. The average Bonchev–Trinajstić information content (AvgIpc) is 3.98. The molecule has 4 heteroatoms. The number of aromatic nitrogens is 4. The highest BCUT2D eigenvalue weighted by molar-refractivity contribution is 6.00. The molecule has 4 aromatic heterocycles. The molecule has 1 aliphatic rings. The van der Waals surface area contributed by atoms with Gasteiger partial charge in [0, 0.05) is 39.8 Å². The minimum atomic E-state index is 0.713. The Labute approximate surface area is 297 Å². The normalized spacial score (nSPS) is 11.8. The summed E-state index contributed by atoms with van der Waals surface area (Å²) in [7, 11) is 0. The zero-order chi connectivity index (χ0) is 34.5. The standard InChI is InChI=1S/C47H38N4/c1-30-9-15-34(16-10-30)45-38-22-21-37(48-38)43-27-28-44(51(43)29-33-7-5-4-6-8-33)47(36-19-13-32(3)14-20-36)42-26-25-41(50-42)46(40-24-23-39(45)49-40)35-17-11-31(2)12-18-35/h4-28,48-49H,29H2,1-3H3. The molecule has 0 amide bonds. The van der Waals surface area contributed by atoms with Crippen molar-refractivity contribution >= 4 is 45.3 Å². The van der Waals surface area contributed by atoms with Crippen molar-refractivity contribution < 1.29 is 0 Å². The number of H-pyrrole nitrogens is 2. The molecule has 0 aliphatic carbocycles. The van der Waals surface area contributed by atoms with Crippen LogP contribution in [-0.2, 0) is 6.54 Å². The van der Waals surface area contributed by atoms with E-state index in [9.17, 15) is 0 Å². The Morgan fingerprint density at radius 3 is 1.47 bits per heavy atom. The lowest BCUT2D eigenvalue weighted by molar-refractivity contribution is 0.869. The van der Waals surface area contributed by atoms with Crippen LogP contribution >= 0.6 is 0 Å². The van der Waals surface area contributed by atoms with Gasteiger partial charge in [-0.05, 0) is 91.6 Å². The molecule has 0 radical (unpaired) electrons. The summed E-state index contributed by atoms with van der Waals surface area (Å²) in [6, 6.07) is 50.5. The first kappa shape index (κ1) is 30.7. The second-order valence-electron chi connectivity index (χ2n) is 13.7. The van der Waals surface area contributed by atoms with E-state index in [1.54, 1.807) is 0 Å². The average molecular weight is 659 g/mol. The van der Waals surface area contributed by atoms with Gasteiger partial charge in [0.05, 0.1) is 27.9 Å². The Bertz CT molecular complexity index is 2700. The third kappa shape index (κ3) is 5.65. The maximum absolute atomic E-state index is 5.47. The van der Waals surface area contributed by atoms with E-state index < -0.39 is 0 Å². The maximum atomic E-state index is 5.47. The second kappa shape index (κ2) is 12.5. The molecule has 0 fully saturated rings. The van der Waals surface area contributed by atoms with Crippen LogP contribution in [0.4, 0.5) is 0 Å². The number of aromatic amines is 2. The van der Waals surface area contributed by atoms with Crippen LogP contribution < -0.4 is 0 Å². The van der Waals surface area contributed by atoms with Gasteiger partial charge in [-0.2, -0.15) is 0 Å². The summed E-state index contributed by atoms with van der Waals surface area (Å²) in [6.45, 7) is 7.11. The molecule has 0 unspecified atom stereocenters. The molecular weight excluding hydrogens is 621 g/mol. The molecule has 246 valence electrons. The summed E-state index contributed by atoms with van der Waals surface area (Å²) in [5.41, 5.74) is 19.9. The van der Waals surface area contributed by atoms with Crippen molar-refractivity contribution in [1.82, 2.24) is 19.5 Å². The second-order valence-corrected chi connectivity index (χ2v) is 13.7. The number of nitrogens with zero attached hydrogens (tertiary/aromatic N) is 2. The van der Waals surface area contributed by atoms with Crippen LogP contribution in [0.5, 0.6) is 0 Å². The summed E-state index contributed by atoms with van der Waals surface area (Å²) in [5, 5.41) is 0. The van der Waals surface area contributed by atoms with E-state index in [1.165, 1.54) is 22.3 Å². The van der Waals surface area contributed by atoms with Gasteiger partial charge in [-0.1, -0.05) is 120 Å². The molecule has 0 atom stereocenters. The van der Waals surface area contributed by atoms with Crippen LogP contribution in [0, 0.1) is 20.8 Å². The van der Waals surface area contributed by atoms with Gasteiger partial charge in [0.1, 0.15) is 0 Å². The lowest BCUT2D eigenvalue weighted by Crippen LogP contribution is -2.01. The zero-order valence-electron chi connectivity index (χ0n) is 29.0. The van der Waals surface area contributed by atoms with Gasteiger partial charge in [-0.25, -0.2) is 4.98 Å². The topological polar surface area (TPSA) is 49.4 Å². The lowest BCUT2D eigenvalue weighted by Gasteiger charge is -2.12. The van der Waals surface area contributed by atoms with Crippen molar-refractivity contribution in [3.63, 3.8) is 0 Å². The minimum Gasteiger partial charge on any atom is -0.354 e. The van der Waals surface area contributed by atoms with Crippen molar-refractivity contribution in [3.05, 3.63) is 173 Å². The van der Waals surface area contributed by atoms with Crippen LogP contribution in [-0.4, -0.2) is 19.5 Å². The van der Waals surface area contributed by atoms with Crippen LogP contribution in [0.1, 0.15) is 33.6 Å². The summed E-state index contributed by atoms with van der Waals surface area (Å²) in [4.78, 5) is 13.2. The Morgan fingerprint density at radius 2 is 0.882 bits per heavy atom. The molecule has 8 bridgehead atoms. The highest BCUT2D eigenvalue weighted by atomic mass is 15.0. The minimum absolute atomic E-state index is 0.713. The third-order valence-electron chi connectivity index (χ3n) is 10.0. The Morgan fingerprint density at radius 1 is 0.431 bits per heavy atom. The van der Waals surface area contributed by atoms with Gasteiger partial charge in [0.25, 0.3) is 0 Å². The number of fused-ring (bicyclic) bond motifs is 9. The fraction of sp³-hybridized carbons (Fsp3) is 0.0851. The smallest absolute Gasteiger partial charge is 0.0737 e. The number of nitrogens with one attached hydrogen (secondary N) is 2. The van der Waals surface area contributed by atoms with Gasteiger partial charge >= 0.3 is 0 Å². The maximum Gasteiger partial charge on any atom is 0.0737 e. The summed E-state index contributed by atoms with van der Waals surface area (Å²) >= 11 is 0. The summed E-state index contributed by atoms with van der Waals surface area (Å²) in [5.74, 6) is 0. The molecule has 0 saturated carbocycles. The van der Waals surface area contributed by atoms with Gasteiger partial charge in [0.2, 0.25) is 0 Å². The molecule has 9 rings (SSSR count). The Balaban J connectivity index is 1.48. The van der Waals surface area contributed by atoms with Crippen molar-refractivity contribution in [2.24, 2.45) is 0 Å². The molecule has 5 heterocycles. The quantitative estimate of drug-likeness (QED) is 0.190. The number of aryl methyl sites for hydroxylation is 3. The molecule has 4 aromatic carbocycles. The molecule has 0 spiro atoms. The first-order valence-corrected chi connectivity index (χ1v) is 17.6. The first-order valence-electron chi connectivity index (χ1n) is 17.6. The van der Waals surface area contributed by atoms with E-state index in [1.807, 2.05) is 0 Å². The molecule has 1 aliphatic heterocycles. The SMILES string of the molecule is Cc1ccc(-c2c3nc(c(-c4ccc(C)cc4)c4ccc(c5ccc([nH]5)c(-c5ccc(C)cc5)c5ccc2[nH]5)n4Cc2ccccc2)C=C3)cc1. The predicted molar refractivity (Wildman–Crippen MR) is 215 cm³/mol. The zero-order valence-corrected chi connectivity index (χ0v) is 29.0. The van der Waals surface area contributed by atoms with E-state index in [4.69, 9.17) is 4.98 Å². The van der Waals surface area contributed by atoms with Crippen molar-refractivity contribution in [2.75, 3.05) is 0 Å². The molecule has 51 heavy (non-hydrogen) atoms. The summed E-state index contributed by atoms with van der Waals surface area (Å²) < 4.78 is 2.44. The first-order chi connectivity index (χ1) is 25.0. The largest absolute Gasteiger partial charge is 0.354 e. The molecule has 0 saturated heterocycles. The van der Waals surface area contributed by atoms with Crippen LogP contribution in [0.3, 0.4) is 0 Å². The highest BCUT2D eigenvalue weighted by Gasteiger charge is 2.18. The van der Waals surface area contributed by atoms with Crippen molar-refractivity contribution in [3.8, 4) is 33.4 Å². The number of rotatable bonds is 5. The van der Waals surface area contributed by atoms with Crippen LogP contribution in [0.2, 0.25) is 0 Å². The Kier molecular flexibility index (Phi) is 7.51. The number of hydrogen-bond acceptors (Lipinski definition) is 1. The fourth-order valence-corrected chi connectivity index (χ4v) is 7.36. The van der Waals surface area contributed by atoms with Crippen molar-refractivity contribution in [1.29, 1.82) is 0 Å². The van der Waals surface area contributed by atoms with Gasteiger partial charge in [0.15, 0.2) is 0 Å². The van der Waals surface area contributed by atoms with Crippen molar-refractivity contribution in [2.45, 2.75) is 27.3 Å². The number of benzene rings is 4. The highest BCUT2D eigenvalue weighted by Crippen LogP contribution is 2.37. The lowest BCUT2D eigenvalue weighted by atomic mass is 10.0. The molecule has 2 N–H and O–H groups in total. The van der Waals surface area contributed by atoms with E-state index in [0.29, 0.717) is 6.54 Å². The van der Waals surface area contributed by atoms with E-state index in [0.717, 1.165) is 77.9 Å². The van der Waals surface area contributed by atoms with Crippen LogP contribution in [0.25, 0.3) is 78.6 Å². The van der Waals surface area contributed by atoms with E-state index in [2.05, 4.69) is 187 Å². The van der Waals surface area contributed by atoms with Crippen LogP contribution in [0.15, 0.2) is 140 Å². The molecule has 8 aromatic rings. The van der Waals surface area contributed by atoms with Gasteiger partial charge in [-0.15, -0.1) is 0 Å². The summed E-state index contributed by atoms with van der Waals surface area (Å²) in [6.07, 6.45) is 4.36. The van der Waals surface area contributed by atoms with E-state index in [-0.39, 0.29) is 0 Å². The van der Waals surface area contributed by atoms with Gasteiger partial charge < -0.3 is 14.5 Å². The van der Waals surface area contributed by atoms with Gasteiger partial charge in [-0.3, -0.25) is 0 Å². The Hall–Kier alpha value is -6.39. The predicted octanol–water partition coefficient (Wildman–Crippen LogP) is 12.1.